The fourth-order valence-electron chi connectivity index (χ4n) is 4.43. The van der Waals surface area contributed by atoms with Gasteiger partial charge in [-0.1, -0.05) is 72.8 Å². The van der Waals surface area contributed by atoms with Crippen molar-refractivity contribution in [3.8, 4) is 11.3 Å². The van der Waals surface area contributed by atoms with Crippen LogP contribution in [0.4, 0.5) is 5.69 Å². The molecule has 0 saturated carbocycles. The van der Waals surface area contributed by atoms with Gasteiger partial charge in [-0.15, -0.1) is 0 Å². The molecule has 0 aliphatic carbocycles. The number of hydrogen-bond acceptors (Lipinski definition) is 7. The monoisotopic (exact) mass is 607 g/mol. The van der Waals surface area contributed by atoms with Crippen LogP contribution in [0.3, 0.4) is 0 Å². The molecule has 4 aromatic carbocycles. The number of anilines is 1. The predicted octanol–water partition coefficient (Wildman–Crippen LogP) is 6.28. The summed E-state index contributed by atoms with van der Waals surface area (Å²) >= 11 is 0. The molecular weight excluding hydrogens is 578 g/mol. The second kappa shape index (κ2) is 13.7. The third-order valence-electron chi connectivity index (χ3n) is 6.58. The van der Waals surface area contributed by atoms with Gasteiger partial charge in [0.05, 0.1) is 41.1 Å². The van der Waals surface area contributed by atoms with Crippen molar-refractivity contribution >= 4 is 33.8 Å². The van der Waals surface area contributed by atoms with Crippen LogP contribution in [0.2, 0.25) is 0 Å². The number of benzene rings is 4. The van der Waals surface area contributed by atoms with Crippen molar-refractivity contribution in [3.63, 3.8) is 0 Å². The Morgan fingerprint density at radius 3 is 2.20 bits per heavy atom. The standard InChI is InChI=1S/C34H29N3O6S/c1-2-42-34(39)27-19-17-26(18-20-27)32-22-21-28(43-32)23-35-36-33(38)30-15-9-10-16-31(30)37(24-25-11-5-3-6-12-25)44(40,41)29-13-7-4-8-14-29/h3-23H,2,24H2,1H3,(H,36,38)/b35-23-. The van der Waals surface area contributed by atoms with Crippen LogP contribution < -0.4 is 9.73 Å². The summed E-state index contributed by atoms with van der Waals surface area (Å²) in [6.07, 6.45) is 1.35. The summed E-state index contributed by atoms with van der Waals surface area (Å²) in [6.45, 7) is 2.06. The summed E-state index contributed by atoms with van der Waals surface area (Å²) in [5.41, 5.74) is 4.75. The van der Waals surface area contributed by atoms with Gasteiger partial charge in [-0.2, -0.15) is 5.10 Å². The number of sulfonamides is 1. The van der Waals surface area contributed by atoms with E-state index in [1.54, 1.807) is 85.8 Å². The summed E-state index contributed by atoms with van der Waals surface area (Å²) in [6, 6.07) is 33.9. The van der Waals surface area contributed by atoms with Crippen LogP contribution in [0.5, 0.6) is 0 Å². The first-order chi connectivity index (χ1) is 21.4. The first-order valence-electron chi connectivity index (χ1n) is 13.8. The molecule has 0 fully saturated rings. The number of carbonyl (C=O) groups excluding carboxylic acids is 2. The van der Waals surface area contributed by atoms with Gasteiger partial charge in [0.15, 0.2) is 0 Å². The highest BCUT2D eigenvalue weighted by Crippen LogP contribution is 2.29. The molecule has 10 heteroatoms. The molecule has 0 spiro atoms. The lowest BCUT2D eigenvalue weighted by Crippen LogP contribution is -2.33. The zero-order valence-corrected chi connectivity index (χ0v) is 24.6. The zero-order chi connectivity index (χ0) is 30.9. The molecule has 1 aromatic heterocycles. The number of hydrogen-bond donors (Lipinski definition) is 1. The van der Waals surface area contributed by atoms with Gasteiger partial charge in [-0.3, -0.25) is 9.10 Å². The zero-order valence-electron chi connectivity index (χ0n) is 23.8. The van der Waals surface area contributed by atoms with E-state index in [1.807, 2.05) is 30.3 Å². The van der Waals surface area contributed by atoms with Crippen molar-refractivity contribution < 1.29 is 27.2 Å². The molecule has 0 saturated heterocycles. The van der Waals surface area contributed by atoms with Crippen LogP contribution in [0.1, 0.15) is 39.0 Å². The second-order valence-corrected chi connectivity index (χ2v) is 11.4. The Morgan fingerprint density at radius 2 is 1.50 bits per heavy atom. The molecule has 0 radical (unpaired) electrons. The van der Waals surface area contributed by atoms with E-state index in [0.717, 1.165) is 11.1 Å². The van der Waals surface area contributed by atoms with Crippen molar-refractivity contribution in [1.82, 2.24) is 5.43 Å². The van der Waals surface area contributed by atoms with E-state index in [2.05, 4.69) is 10.5 Å². The lowest BCUT2D eigenvalue weighted by atomic mass is 10.1. The number of furan rings is 1. The molecule has 1 N–H and O–H groups in total. The number of carbonyl (C=O) groups is 2. The molecule has 222 valence electrons. The molecule has 1 heterocycles. The summed E-state index contributed by atoms with van der Waals surface area (Å²) in [4.78, 5) is 25.3. The Bertz CT molecular complexity index is 1870. The van der Waals surface area contributed by atoms with Gasteiger partial charge < -0.3 is 9.15 Å². The topological polar surface area (TPSA) is 118 Å². The van der Waals surface area contributed by atoms with Crippen molar-refractivity contribution in [1.29, 1.82) is 0 Å². The van der Waals surface area contributed by atoms with Crippen LogP contribution in [-0.2, 0) is 21.3 Å². The number of nitrogens with one attached hydrogen (secondary N) is 1. The Labute approximate surface area is 255 Å². The average Bonchev–Trinajstić information content (AvgIpc) is 3.53. The molecule has 5 rings (SSSR count). The second-order valence-electron chi connectivity index (χ2n) is 9.53. The van der Waals surface area contributed by atoms with E-state index >= 15 is 0 Å². The first kappa shape index (κ1) is 30.0. The van der Waals surface area contributed by atoms with Gasteiger partial charge in [0, 0.05) is 5.56 Å². The number of rotatable bonds is 11. The highest BCUT2D eigenvalue weighted by Gasteiger charge is 2.28. The molecule has 5 aromatic rings. The summed E-state index contributed by atoms with van der Waals surface area (Å²) in [5, 5.41) is 4.04. The average molecular weight is 608 g/mol. The molecule has 0 unspecified atom stereocenters. The van der Waals surface area contributed by atoms with Crippen LogP contribution in [-0.4, -0.2) is 33.1 Å². The van der Waals surface area contributed by atoms with Crippen LogP contribution in [0.25, 0.3) is 11.3 Å². The molecule has 0 atom stereocenters. The highest BCUT2D eigenvalue weighted by molar-refractivity contribution is 7.92. The maximum Gasteiger partial charge on any atom is 0.338 e. The molecule has 1 amide bonds. The van der Waals surface area contributed by atoms with Crippen LogP contribution >= 0.6 is 0 Å². The number of hydrazone groups is 1. The molecule has 0 aliphatic heterocycles. The fraction of sp³-hybridized carbons (Fsp3) is 0.0882. The minimum Gasteiger partial charge on any atom is -0.462 e. The quantitative estimate of drug-likeness (QED) is 0.107. The summed E-state index contributed by atoms with van der Waals surface area (Å²) in [5.74, 6) is -0.0781. The Kier molecular flexibility index (Phi) is 9.31. The van der Waals surface area contributed by atoms with E-state index in [0.29, 0.717) is 23.7 Å². The molecular formula is C34H29N3O6S. The van der Waals surface area contributed by atoms with Gasteiger partial charge >= 0.3 is 5.97 Å². The van der Waals surface area contributed by atoms with Gasteiger partial charge in [-0.05, 0) is 61.0 Å². The normalized spacial score (nSPS) is 11.3. The molecule has 44 heavy (non-hydrogen) atoms. The van der Waals surface area contributed by atoms with E-state index in [9.17, 15) is 18.0 Å². The third-order valence-corrected chi connectivity index (χ3v) is 8.36. The maximum absolute atomic E-state index is 13.8. The van der Waals surface area contributed by atoms with Crippen molar-refractivity contribution in [2.45, 2.75) is 18.4 Å². The minimum atomic E-state index is -4.03. The van der Waals surface area contributed by atoms with Crippen LogP contribution in [0.15, 0.2) is 136 Å². The maximum atomic E-state index is 13.8. The van der Waals surface area contributed by atoms with Crippen LogP contribution in [0, 0.1) is 0 Å². The number of esters is 1. The van der Waals surface area contributed by atoms with Gasteiger partial charge in [0.25, 0.3) is 15.9 Å². The minimum absolute atomic E-state index is 0.0154. The Morgan fingerprint density at radius 1 is 0.841 bits per heavy atom. The van der Waals surface area contributed by atoms with E-state index in [-0.39, 0.29) is 22.7 Å². The highest BCUT2D eigenvalue weighted by atomic mass is 32.2. The predicted molar refractivity (Wildman–Crippen MR) is 168 cm³/mol. The summed E-state index contributed by atoms with van der Waals surface area (Å²) in [7, 11) is -4.03. The largest absolute Gasteiger partial charge is 0.462 e. The van der Waals surface area contributed by atoms with Crippen molar-refractivity contribution in [2.24, 2.45) is 5.10 Å². The van der Waals surface area contributed by atoms with Crippen molar-refractivity contribution in [3.05, 3.63) is 144 Å². The number of para-hydroxylation sites is 1. The lowest BCUT2D eigenvalue weighted by molar-refractivity contribution is 0.0526. The van der Waals surface area contributed by atoms with E-state index in [4.69, 9.17) is 9.15 Å². The molecule has 0 aliphatic rings. The number of ether oxygens (including phenoxy) is 1. The first-order valence-corrected chi connectivity index (χ1v) is 15.2. The number of amides is 1. The summed E-state index contributed by atoms with van der Waals surface area (Å²) < 4.78 is 39.7. The number of nitrogens with zero attached hydrogens (tertiary/aromatic N) is 2. The molecule has 0 bridgehead atoms. The Balaban J connectivity index is 1.35. The van der Waals surface area contributed by atoms with Gasteiger partial charge in [-0.25, -0.2) is 18.6 Å². The van der Waals surface area contributed by atoms with E-state index in [1.165, 1.54) is 22.7 Å². The molecule has 9 nitrogen and oxygen atoms in total. The fourth-order valence-corrected chi connectivity index (χ4v) is 5.92. The SMILES string of the molecule is CCOC(=O)c1ccc(-c2ccc(/C=N\NC(=O)c3ccccc3N(Cc3ccccc3)S(=O)(=O)c3ccccc3)o2)cc1. The van der Waals surface area contributed by atoms with Crippen molar-refractivity contribution in [2.75, 3.05) is 10.9 Å². The third kappa shape index (κ3) is 6.93. The van der Waals surface area contributed by atoms with E-state index < -0.39 is 21.9 Å². The lowest BCUT2D eigenvalue weighted by Gasteiger charge is -2.26. The van der Waals surface area contributed by atoms with Gasteiger partial charge in [0.1, 0.15) is 11.5 Å². The Hall–Kier alpha value is -5.48. The van der Waals surface area contributed by atoms with Gasteiger partial charge in [0.2, 0.25) is 0 Å². The smallest absolute Gasteiger partial charge is 0.338 e.